The number of ether oxygens (including phenoxy) is 2. The summed E-state index contributed by atoms with van der Waals surface area (Å²) in [6.07, 6.45) is -0.227. The first kappa shape index (κ1) is 24.9. The zero-order chi connectivity index (χ0) is 24.6. The third-order valence-electron chi connectivity index (χ3n) is 5.36. The van der Waals surface area contributed by atoms with Crippen molar-refractivity contribution >= 4 is 21.6 Å². The average molecular weight is 475 g/mol. The van der Waals surface area contributed by atoms with Gasteiger partial charge in [0.1, 0.15) is 11.5 Å². The Hall–Kier alpha value is -2.74. The highest BCUT2D eigenvalue weighted by Gasteiger charge is 2.39. The molecule has 0 aromatic heterocycles. The second-order valence-electron chi connectivity index (χ2n) is 10.4. The molecule has 1 aliphatic heterocycles. The Balaban J connectivity index is 1.95. The van der Waals surface area contributed by atoms with Crippen LogP contribution in [-0.2, 0) is 14.8 Å². The lowest BCUT2D eigenvalue weighted by molar-refractivity contribution is -0.129. The molecule has 1 heterocycles. The smallest absolute Gasteiger partial charge is 0.264 e. The van der Waals surface area contributed by atoms with Gasteiger partial charge in [-0.15, -0.1) is 0 Å². The lowest BCUT2D eigenvalue weighted by atomic mass is 9.81. The fourth-order valence-electron chi connectivity index (χ4n) is 4.38. The maximum Gasteiger partial charge on any atom is 0.264 e. The summed E-state index contributed by atoms with van der Waals surface area (Å²) >= 11 is 0. The second-order valence-corrected chi connectivity index (χ2v) is 12.3. The molecule has 1 amide bonds. The lowest BCUT2D eigenvalue weighted by Gasteiger charge is -2.38. The van der Waals surface area contributed by atoms with E-state index < -0.39 is 21.7 Å². The standard InChI is InChI=1S/C25H34N2O5S/c1-17-8-13-21-20(14-17)27(33(29,30)19-11-9-18(31-7)10-12-19)15-22(32-21)23(28)26-25(5,6)16-24(2,3)4/h8-14,22H,15-16H2,1-7H3,(H,26,28)/t22-/m1/s1. The van der Waals surface area contributed by atoms with Gasteiger partial charge < -0.3 is 14.8 Å². The number of rotatable bonds is 6. The largest absolute Gasteiger partial charge is 0.497 e. The number of benzene rings is 2. The maximum absolute atomic E-state index is 13.6. The topological polar surface area (TPSA) is 84.9 Å². The third-order valence-corrected chi connectivity index (χ3v) is 7.15. The molecule has 1 aliphatic rings. The van der Waals surface area contributed by atoms with Gasteiger partial charge >= 0.3 is 0 Å². The molecule has 0 fully saturated rings. The number of hydrogen-bond acceptors (Lipinski definition) is 5. The highest BCUT2D eigenvalue weighted by atomic mass is 32.2. The summed E-state index contributed by atoms with van der Waals surface area (Å²) in [6, 6.07) is 11.5. The van der Waals surface area contributed by atoms with Gasteiger partial charge in [-0.1, -0.05) is 26.8 Å². The van der Waals surface area contributed by atoms with Crippen LogP contribution >= 0.6 is 0 Å². The van der Waals surface area contributed by atoms with Crippen molar-refractivity contribution in [2.45, 2.75) is 64.5 Å². The molecule has 1 atom stereocenters. The van der Waals surface area contributed by atoms with Crippen LogP contribution in [0.2, 0.25) is 0 Å². The molecule has 2 aromatic rings. The van der Waals surface area contributed by atoms with E-state index in [2.05, 4.69) is 26.1 Å². The molecular formula is C25H34N2O5S. The first-order valence-corrected chi connectivity index (χ1v) is 12.4. The van der Waals surface area contributed by atoms with Crippen LogP contribution in [0.5, 0.6) is 11.5 Å². The normalized spacial score (nSPS) is 16.6. The predicted molar refractivity (Wildman–Crippen MR) is 129 cm³/mol. The van der Waals surface area contributed by atoms with Gasteiger partial charge in [0.25, 0.3) is 15.9 Å². The van der Waals surface area contributed by atoms with Crippen molar-refractivity contribution in [2.24, 2.45) is 5.41 Å². The van der Waals surface area contributed by atoms with Crippen LogP contribution in [0.3, 0.4) is 0 Å². The molecule has 33 heavy (non-hydrogen) atoms. The number of hydrogen-bond donors (Lipinski definition) is 1. The minimum absolute atomic E-state index is 0.0120. The average Bonchev–Trinajstić information content (AvgIpc) is 2.70. The summed E-state index contributed by atoms with van der Waals surface area (Å²) in [4.78, 5) is 13.3. The van der Waals surface area contributed by atoms with Crippen LogP contribution in [0.15, 0.2) is 47.4 Å². The SMILES string of the molecule is COc1ccc(S(=O)(=O)N2C[C@H](C(=O)NC(C)(C)CC(C)(C)C)Oc3ccc(C)cc32)cc1. The number of sulfonamides is 1. The Morgan fingerprint density at radius 2 is 1.76 bits per heavy atom. The van der Waals surface area contributed by atoms with Gasteiger partial charge in [-0.05, 0) is 74.6 Å². The van der Waals surface area contributed by atoms with E-state index in [-0.39, 0.29) is 22.8 Å². The van der Waals surface area contributed by atoms with Crippen molar-refractivity contribution in [1.82, 2.24) is 5.32 Å². The van der Waals surface area contributed by atoms with Crippen LogP contribution in [0, 0.1) is 12.3 Å². The van der Waals surface area contributed by atoms with Gasteiger partial charge in [-0.3, -0.25) is 9.10 Å². The van der Waals surface area contributed by atoms with Gasteiger partial charge in [0.2, 0.25) is 0 Å². The second kappa shape index (κ2) is 8.89. The van der Waals surface area contributed by atoms with Crippen molar-refractivity contribution in [3.05, 3.63) is 48.0 Å². The summed E-state index contributed by atoms with van der Waals surface area (Å²) in [6.45, 7) is 12.0. The van der Waals surface area contributed by atoms with Gasteiger partial charge in [0.15, 0.2) is 6.10 Å². The molecule has 7 nitrogen and oxygen atoms in total. The highest BCUT2D eigenvalue weighted by Crippen LogP contribution is 2.38. The summed E-state index contributed by atoms with van der Waals surface area (Å²) in [5, 5.41) is 3.05. The molecule has 8 heteroatoms. The molecule has 0 unspecified atom stereocenters. The Morgan fingerprint density at radius 3 is 2.33 bits per heavy atom. The van der Waals surface area contributed by atoms with E-state index in [0.29, 0.717) is 17.2 Å². The summed E-state index contributed by atoms with van der Waals surface area (Å²) in [7, 11) is -2.42. The number of anilines is 1. The van der Waals surface area contributed by atoms with E-state index in [1.165, 1.54) is 23.5 Å². The molecule has 1 N–H and O–H groups in total. The van der Waals surface area contributed by atoms with Crippen LogP contribution in [0.25, 0.3) is 0 Å². The molecule has 0 radical (unpaired) electrons. The molecule has 0 saturated heterocycles. The number of methoxy groups -OCH3 is 1. The Kier molecular flexibility index (Phi) is 6.71. The molecule has 0 bridgehead atoms. The third kappa shape index (κ3) is 5.79. The van der Waals surface area contributed by atoms with E-state index in [1.807, 2.05) is 26.8 Å². The first-order chi connectivity index (χ1) is 15.2. The van der Waals surface area contributed by atoms with Gasteiger partial charge in [0, 0.05) is 5.54 Å². The van der Waals surface area contributed by atoms with Crippen molar-refractivity contribution in [1.29, 1.82) is 0 Å². The Morgan fingerprint density at radius 1 is 1.12 bits per heavy atom. The monoisotopic (exact) mass is 474 g/mol. The predicted octanol–water partition coefficient (Wildman–Crippen LogP) is 4.29. The zero-order valence-corrected chi connectivity index (χ0v) is 21.2. The molecule has 180 valence electrons. The number of aryl methyl sites for hydroxylation is 1. The van der Waals surface area contributed by atoms with Crippen LogP contribution < -0.4 is 19.1 Å². The number of amides is 1. The van der Waals surface area contributed by atoms with Crippen LogP contribution in [0.1, 0.15) is 46.6 Å². The van der Waals surface area contributed by atoms with Gasteiger partial charge in [-0.25, -0.2) is 8.42 Å². The molecule has 0 saturated carbocycles. The van der Waals surface area contributed by atoms with Gasteiger partial charge in [-0.2, -0.15) is 0 Å². The number of carbonyl (C=O) groups excluding carboxylic acids is 1. The fraction of sp³-hybridized carbons (Fsp3) is 0.480. The van der Waals surface area contributed by atoms with Gasteiger partial charge in [0.05, 0.1) is 24.2 Å². The molecular weight excluding hydrogens is 440 g/mol. The van der Waals surface area contributed by atoms with E-state index in [1.54, 1.807) is 24.3 Å². The van der Waals surface area contributed by atoms with Crippen molar-refractivity contribution in [2.75, 3.05) is 18.0 Å². The number of fused-ring (bicyclic) bond motifs is 1. The van der Waals surface area contributed by atoms with Crippen LogP contribution in [0.4, 0.5) is 5.69 Å². The quantitative estimate of drug-likeness (QED) is 0.675. The van der Waals surface area contributed by atoms with Crippen molar-refractivity contribution < 1.29 is 22.7 Å². The first-order valence-electron chi connectivity index (χ1n) is 11.0. The molecule has 0 aliphatic carbocycles. The van der Waals surface area contributed by atoms with E-state index in [4.69, 9.17) is 9.47 Å². The molecule has 2 aromatic carbocycles. The maximum atomic E-state index is 13.6. The number of nitrogens with one attached hydrogen (secondary N) is 1. The Labute approximate surface area is 197 Å². The Bertz CT molecular complexity index is 1120. The zero-order valence-electron chi connectivity index (χ0n) is 20.4. The minimum atomic E-state index is -3.94. The van der Waals surface area contributed by atoms with Crippen LogP contribution in [-0.4, -0.2) is 39.6 Å². The van der Waals surface area contributed by atoms with E-state index >= 15 is 0 Å². The van der Waals surface area contributed by atoms with Crippen molar-refractivity contribution in [3.8, 4) is 11.5 Å². The van der Waals surface area contributed by atoms with E-state index in [0.717, 1.165) is 12.0 Å². The van der Waals surface area contributed by atoms with Crippen molar-refractivity contribution in [3.63, 3.8) is 0 Å². The summed E-state index contributed by atoms with van der Waals surface area (Å²) < 4.78 is 39.6. The highest BCUT2D eigenvalue weighted by molar-refractivity contribution is 7.92. The molecule has 3 rings (SSSR count). The number of nitrogens with zero attached hydrogens (tertiary/aromatic N) is 1. The fourth-order valence-corrected chi connectivity index (χ4v) is 5.85. The lowest BCUT2D eigenvalue weighted by Crippen LogP contribution is -2.55. The number of carbonyl (C=O) groups is 1. The molecule has 0 spiro atoms. The summed E-state index contributed by atoms with van der Waals surface area (Å²) in [5.74, 6) is 0.577. The minimum Gasteiger partial charge on any atom is -0.497 e. The van der Waals surface area contributed by atoms with E-state index in [9.17, 15) is 13.2 Å². The summed E-state index contributed by atoms with van der Waals surface area (Å²) in [5.41, 5.74) is 0.842.